The monoisotopic (exact) mass is 386 g/mol. The van der Waals surface area contributed by atoms with E-state index in [1.807, 2.05) is 97.9 Å². The first kappa shape index (κ1) is 18.8. The summed E-state index contributed by atoms with van der Waals surface area (Å²) >= 11 is 0. The van der Waals surface area contributed by atoms with Crippen molar-refractivity contribution in [3.63, 3.8) is 0 Å². The van der Waals surface area contributed by atoms with Crippen molar-refractivity contribution in [1.29, 1.82) is 0 Å². The molecule has 0 saturated carbocycles. The van der Waals surface area contributed by atoms with Crippen LogP contribution in [0, 0.1) is 0 Å². The van der Waals surface area contributed by atoms with E-state index in [1.54, 1.807) is 0 Å². The predicted molar refractivity (Wildman–Crippen MR) is 112 cm³/mol. The van der Waals surface area contributed by atoms with Crippen LogP contribution in [0.4, 0.5) is 0 Å². The van der Waals surface area contributed by atoms with E-state index in [4.69, 9.17) is 3.97 Å². The summed E-state index contributed by atoms with van der Waals surface area (Å²) in [6.45, 7) is -1.67. The Morgan fingerprint density at radius 3 is 1.23 bits per heavy atom. The first-order chi connectivity index (χ1) is 12.4. The second-order valence-electron chi connectivity index (χ2n) is 6.31. The van der Waals surface area contributed by atoms with Gasteiger partial charge < -0.3 is 0 Å². The minimum absolute atomic E-state index is 0.538. The van der Waals surface area contributed by atoms with Crippen LogP contribution in [0.15, 0.2) is 91.0 Å². The molecule has 0 atom stereocenters. The van der Waals surface area contributed by atoms with Crippen LogP contribution in [0.25, 0.3) is 0 Å². The summed E-state index contributed by atoms with van der Waals surface area (Å²) in [6.07, 6.45) is 1.68. The Morgan fingerprint density at radius 1 is 0.692 bits per heavy atom. The maximum absolute atomic E-state index is 12.5. The van der Waals surface area contributed by atoms with Gasteiger partial charge in [0.25, 0.3) is 0 Å². The van der Waals surface area contributed by atoms with E-state index in [9.17, 15) is 8.42 Å². The summed E-state index contributed by atoms with van der Waals surface area (Å²) in [4.78, 5) is 0. The fraction of sp³-hybridized carbons (Fsp3) is 0.143. The van der Waals surface area contributed by atoms with Gasteiger partial charge in [-0.25, -0.2) is 0 Å². The fourth-order valence-electron chi connectivity index (χ4n) is 3.71. The second-order valence-corrected chi connectivity index (χ2v) is 12.9. The quantitative estimate of drug-likeness (QED) is 0.610. The van der Waals surface area contributed by atoms with Crippen LogP contribution in [0.1, 0.15) is 6.92 Å². The van der Waals surface area contributed by atoms with Gasteiger partial charge in [-0.1, -0.05) is 0 Å². The third-order valence-corrected chi connectivity index (χ3v) is 12.6. The molecule has 0 bridgehead atoms. The van der Waals surface area contributed by atoms with Crippen LogP contribution in [-0.2, 0) is 14.1 Å². The van der Waals surface area contributed by atoms with Gasteiger partial charge in [-0.15, -0.1) is 0 Å². The molecule has 3 aromatic carbocycles. The summed E-state index contributed by atoms with van der Waals surface area (Å²) in [7, 11) is -3.74. The van der Waals surface area contributed by atoms with Crippen molar-refractivity contribution in [3.8, 4) is 0 Å². The Balaban J connectivity index is 2.55. The Kier molecular flexibility index (Phi) is 5.03. The van der Waals surface area contributed by atoms with Crippen LogP contribution in [0.3, 0.4) is 0 Å². The molecule has 0 saturated heterocycles. The van der Waals surface area contributed by atoms with Gasteiger partial charge in [0.05, 0.1) is 0 Å². The molecule has 0 radical (unpaired) electrons. The molecule has 0 aliphatic heterocycles. The molecule has 26 heavy (non-hydrogen) atoms. The number of hydrogen-bond acceptors (Lipinski definition) is 3. The zero-order chi connectivity index (χ0) is 18.7. The average molecular weight is 386 g/mol. The van der Waals surface area contributed by atoms with Crippen molar-refractivity contribution >= 4 is 32.9 Å². The zero-order valence-electron chi connectivity index (χ0n) is 14.9. The molecule has 0 spiro atoms. The molecule has 0 unspecified atom stereocenters. The molecular weight excluding hydrogens is 363 g/mol. The van der Waals surface area contributed by atoms with E-state index in [-0.39, 0.29) is 0 Å². The number of benzene rings is 3. The third-order valence-electron chi connectivity index (χ3n) is 4.81. The van der Waals surface area contributed by atoms with Crippen molar-refractivity contribution in [2.24, 2.45) is 0 Å². The molecule has 0 aliphatic carbocycles. The predicted octanol–water partition coefficient (Wildman–Crippen LogP) is 3.43. The van der Waals surface area contributed by atoms with Gasteiger partial charge in [0.1, 0.15) is 0 Å². The van der Waals surface area contributed by atoms with Gasteiger partial charge in [-0.2, -0.15) is 0 Å². The summed E-state index contributed by atoms with van der Waals surface area (Å²) in [5, 5.41) is 2.72. The average Bonchev–Trinajstić information content (AvgIpc) is 2.68. The summed E-state index contributed by atoms with van der Waals surface area (Å²) in [5.74, 6) is 0. The molecule has 0 fully saturated rings. The standard InChI is InChI=1S/C21H23O3PS/c1-3-25(24-26(2,22)23,19-13-7-4-8-14-19,20-15-9-5-10-16-20)21-17-11-6-12-18-21/h4-18H,3H2,1-2H3. The van der Waals surface area contributed by atoms with Crippen molar-refractivity contribution in [2.45, 2.75) is 6.92 Å². The van der Waals surface area contributed by atoms with E-state index in [2.05, 4.69) is 0 Å². The Bertz CT molecular complexity index is 872. The van der Waals surface area contributed by atoms with Gasteiger partial charge in [-0.3, -0.25) is 0 Å². The Hall–Kier alpha value is -2.00. The SMILES string of the molecule is CCP(OS(C)(=O)=O)(c1ccccc1)(c1ccccc1)c1ccccc1. The first-order valence-electron chi connectivity index (χ1n) is 8.52. The van der Waals surface area contributed by atoms with Crippen molar-refractivity contribution < 1.29 is 12.4 Å². The van der Waals surface area contributed by atoms with Gasteiger partial charge in [-0.05, 0) is 0 Å². The van der Waals surface area contributed by atoms with Crippen LogP contribution >= 0.6 is 6.83 Å². The molecule has 0 heterocycles. The van der Waals surface area contributed by atoms with E-state index >= 15 is 0 Å². The van der Waals surface area contributed by atoms with E-state index in [1.165, 1.54) is 0 Å². The van der Waals surface area contributed by atoms with Crippen molar-refractivity contribution in [2.75, 3.05) is 12.4 Å². The summed E-state index contributed by atoms with van der Waals surface area (Å²) in [5.41, 5.74) is 0. The number of rotatable bonds is 6. The van der Waals surface area contributed by atoms with Gasteiger partial charge in [0.15, 0.2) is 0 Å². The molecular formula is C21H23O3PS. The molecule has 3 aromatic rings. The first-order valence-corrected chi connectivity index (χ1v) is 12.7. The van der Waals surface area contributed by atoms with Crippen molar-refractivity contribution in [1.82, 2.24) is 0 Å². The van der Waals surface area contributed by atoms with Gasteiger partial charge >= 0.3 is 156 Å². The van der Waals surface area contributed by atoms with Gasteiger partial charge in [0, 0.05) is 0 Å². The zero-order valence-corrected chi connectivity index (χ0v) is 16.7. The van der Waals surface area contributed by atoms with E-state index in [0.717, 1.165) is 22.2 Å². The minimum atomic E-state index is -3.74. The summed E-state index contributed by atoms with van der Waals surface area (Å²) < 4.78 is 31.3. The third kappa shape index (κ3) is 2.99. The van der Waals surface area contributed by atoms with Crippen LogP contribution in [-0.4, -0.2) is 20.8 Å². The topological polar surface area (TPSA) is 43.4 Å². The van der Waals surface area contributed by atoms with Crippen LogP contribution in [0.2, 0.25) is 0 Å². The Morgan fingerprint density at radius 2 is 1.00 bits per heavy atom. The molecule has 0 aromatic heterocycles. The molecule has 136 valence electrons. The Labute approximate surface area is 155 Å². The van der Waals surface area contributed by atoms with Crippen molar-refractivity contribution in [3.05, 3.63) is 91.0 Å². The second kappa shape index (κ2) is 6.96. The number of hydrogen-bond donors (Lipinski definition) is 0. The maximum atomic E-state index is 12.5. The molecule has 3 rings (SSSR count). The molecule has 0 N–H and O–H groups in total. The fourth-order valence-corrected chi connectivity index (χ4v) is 11.9. The summed E-state index contributed by atoms with van der Waals surface area (Å²) in [6, 6.07) is 29.3. The van der Waals surface area contributed by atoms with E-state index < -0.39 is 16.9 Å². The molecule has 5 heteroatoms. The van der Waals surface area contributed by atoms with Crippen LogP contribution < -0.4 is 15.9 Å². The van der Waals surface area contributed by atoms with Crippen LogP contribution in [0.5, 0.6) is 0 Å². The molecule has 3 nitrogen and oxygen atoms in total. The van der Waals surface area contributed by atoms with E-state index in [0.29, 0.717) is 6.16 Å². The molecule has 0 aliphatic rings. The molecule has 0 amide bonds. The van der Waals surface area contributed by atoms with Gasteiger partial charge in [0.2, 0.25) is 0 Å². The normalized spacial score (nSPS) is 13.7.